The van der Waals surface area contributed by atoms with Crippen LogP contribution in [-0.4, -0.2) is 15.0 Å². The van der Waals surface area contributed by atoms with E-state index in [0.717, 1.165) is 49.4 Å². The van der Waals surface area contributed by atoms with Crippen LogP contribution in [0.1, 0.15) is 22.3 Å². The standard InChI is InChI=1S/C54H35N3/c1-3-19-41(20-4-1)54(42-21-5-2-6-22-42)49-28-12-11-25-45(49)46-34-33-40(35-50(46)54)36-29-31-39(32-30-36)51-55-52(47-26-13-17-37-15-7-9-23-43(37)47)57-53(56-51)48-27-14-18-38-16-8-10-24-44(38)48/h1-35H. The lowest BCUT2D eigenvalue weighted by atomic mass is 9.67. The first-order chi connectivity index (χ1) is 28.3. The molecule has 1 heterocycles. The Balaban J connectivity index is 1.06. The van der Waals surface area contributed by atoms with Crippen molar-refractivity contribution in [2.24, 2.45) is 0 Å². The molecule has 3 nitrogen and oxygen atoms in total. The molecule has 0 N–H and O–H groups in total. The largest absolute Gasteiger partial charge is 0.208 e. The second-order valence-electron chi connectivity index (χ2n) is 14.7. The summed E-state index contributed by atoms with van der Waals surface area (Å²) in [4.78, 5) is 15.5. The number of rotatable bonds is 6. The number of aromatic nitrogens is 3. The Morgan fingerprint density at radius 1 is 0.281 bits per heavy atom. The van der Waals surface area contributed by atoms with Crippen molar-refractivity contribution in [1.29, 1.82) is 0 Å². The fourth-order valence-corrected chi connectivity index (χ4v) is 9.02. The maximum Gasteiger partial charge on any atom is 0.164 e. The zero-order chi connectivity index (χ0) is 37.8. The highest BCUT2D eigenvalue weighted by Gasteiger charge is 2.46. The number of hydrogen-bond donors (Lipinski definition) is 0. The number of nitrogens with zero attached hydrogens (tertiary/aromatic N) is 3. The average molecular weight is 726 g/mol. The van der Waals surface area contributed by atoms with Crippen LogP contribution in [0.5, 0.6) is 0 Å². The first kappa shape index (κ1) is 32.9. The Morgan fingerprint density at radius 3 is 1.33 bits per heavy atom. The smallest absolute Gasteiger partial charge is 0.164 e. The molecule has 0 radical (unpaired) electrons. The minimum atomic E-state index is -0.453. The zero-order valence-electron chi connectivity index (χ0n) is 31.0. The van der Waals surface area contributed by atoms with Gasteiger partial charge in [-0.1, -0.05) is 206 Å². The average Bonchev–Trinajstić information content (AvgIpc) is 3.59. The van der Waals surface area contributed by atoms with Gasteiger partial charge in [-0.2, -0.15) is 0 Å². The van der Waals surface area contributed by atoms with Gasteiger partial charge in [0, 0.05) is 16.7 Å². The SMILES string of the molecule is c1ccc(C2(c3ccccc3)c3ccccc3-c3ccc(-c4ccc(-c5nc(-c6cccc7ccccc67)nc(-c6cccc7ccccc67)n5)cc4)cc32)cc1. The molecule has 11 rings (SSSR count). The molecule has 0 bridgehead atoms. The lowest BCUT2D eigenvalue weighted by molar-refractivity contribution is 0.769. The molecule has 1 aromatic heterocycles. The molecule has 0 amide bonds. The first-order valence-corrected chi connectivity index (χ1v) is 19.4. The Hall–Kier alpha value is -7.49. The summed E-state index contributed by atoms with van der Waals surface area (Å²) in [5, 5.41) is 4.51. The Labute approximate surface area is 331 Å². The van der Waals surface area contributed by atoms with Gasteiger partial charge in [-0.3, -0.25) is 0 Å². The molecule has 3 heteroatoms. The van der Waals surface area contributed by atoms with Gasteiger partial charge in [-0.15, -0.1) is 0 Å². The molecule has 0 saturated heterocycles. The molecule has 0 aliphatic heterocycles. The van der Waals surface area contributed by atoms with Crippen LogP contribution in [0.4, 0.5) is 0 Å². The summed E-state index contributed by atoms with van der Waals surface area (Å²) in [6.07, 6.45) is 0. The minimum absolute atomic E-state index is 0.453. The van der Waals surface area contributed by atoms with Crippen molar-refractivity contribution >= 4 is 21.5 Å². The molecule has 1 aliphatic carbocycles. The van der Waals surface area contributed by atoms with E-state index in [1.165, 1.54) is 33.4 Å². The van der Waals surface area contributed by atoms with Crippen LogP contribution in [0.15, 0.2) is 212 Å². The summed E-state index contributed by atoms with van der Waals surface area (Å²) in [6.45, 7) is 0. The molecule has 10 aromatic rings. The van der Waals surface area contributed by atoms with Crippen molar-refractivity contribution in [2.75, 3.05) is 0 Å². The third kappa shape index (κ3) is 5.32. The predicted molar refractivity (Wildman–Crippen MR) is 234 cm³/mol. The van der Waals surface area contributed by atoms with Crippen molar-refractivity contribution in [2.45, 2.75) is 5.41 Å². The van der Waals surface area contributed by atoms with Crippen LogP contribution in [0.2, 0.25) is 0 Å². The molecular formula is C54H35N3. The molecule has 57 heavy (non-hydrogen) atoms. The van der Waals surface area contributed by atoms with E-state index in [9.17, 15) is 0 Å². The molecule has 0 fully saturated rings. The van der Waals surface area contributed by atoms with Gasteiger partial charge in [0.05, 0.1) is 5.41 Å². The van der Waals surface area contributed by atoms with Crippen molar-refractivity contribution in [3.05, 3.63) is 235 Å². The zero-order valence-corrected chi connectivity index (χ0v) is 31.0. The fourth-order valence-electron chi connectivity index (χ4n) is 9.02. The van der Waals surface area contributed by atoms with E-state index < -0.39 is 5.41 Å². The highest BCUT2D eigenvalue weighted by atomic mass is 15.0. The molecule has 0 saturated carbocycles. The molecule has 9 aromatic carbocycles. The highest BCUT2D eigenvalue weighted by Crippen LogP contribution is 2.56. The van der Waals surface area contributed by atoms with Crippen LogP contribution in [0.25, 0.3) is 78.0 Å². The van der Waals surface area contributed by atoms with Crippen LogP contribution in [0.3, 0.4) is 0 Å². The van der Waals surface area contributed by atoms with E-state index in [1.807, 2.05) is 0 Å². The Kier molecular flexibility index (Phi) is 7.71. The van der Waals surface area contributed by atoms with E-state index in [0.29, 0.717) is 17.5 Å². The van der Waals surface area contributed by atoms with Gasteiger partial charge in [0.1, 0.15) is 0 Å². The van der Waals surface area contributed by atoms with Gasteiger partial charge in [0.15, 0.2) is 17.5 Å². The Morgan fingerprint density at radius 2 is 0.719 bits per heavy atom. The molecule has 0 spiro atoms. The third-order valence-corrected chi connectivity index (χ3v) is 11.6. The normalized spacial score (nSPS) is 12.7. The van der Waals surface area contributed by atoms with Crippen LogP contribution >= 0.6 is 0 Å². The number of fused-ring (bicyclic) bond motifs is 5. The molecule has 0 atom stereocenters. The minimum Gasteiger partial charge on any atom is -0.208 e. The van der Waals surface area contributed by atoms with Crippen molar-refractivity contribution in [3.63, 3.8) is 0 Å². The lowest BCUT2D eigenvalue weighted by Crippen LogP contribution is -2.28. The first-order valence-electron chi connectivity index (χ1n) is 19.4. The van der Waals surface area contributed by atoms with Gasteiger partial charge < -0.3 is 0 Å². The summed E-state index contributed by atoms with van der Waals surface area (Å²) in [6, 6.07) is 75.9. The van der Waals surface area contributed by atoms with Gasteiger partial charge in [-0.25, -0.2) is 15.0 Å². The van der Waals surface area contributed by atoms with Crippen LogP contribution < -0.4 is 0 Å². The molecule has 0 unspecified atom stereocenters. The van der Waals surface area contributed by atoms with E-state index in [-0.39, 0.29) is 0 Å². The van der Waals surface area contributed by atoms with E-state index >= 15 is 0 Å². The van der Waals surface area contributed by atoms with E-state index in [1.54, 1.807) is 0 Å². The monoisotopic (exact) mass is 725 g/mol. The van der Waals surface area contributed by atoms with Crippen molar-refractivity contribution < 1.29 is 0 Å². The molecule has 266 valence electrons. The summed E-state index contributed by atoms with van der Waals surface area (Å²) in [7, 11) is 0. The summed E-state index contributed by atoms with van der Waals surface area (Å²) in [5.74, 6) is 1.94. The third-order valence-electron chi connectivity index (χ3n) is 11.6. The maximum absolute atomic E-state index is 5.17. The summed E-state index contributed by atoms with van der Waals surface area (Å²) >= 11 is 0. The van der Waals surface area contributed by atoms with Crippen molar-refractivity contribution in [1.82, 2.24) is 15.0 Å². The highest BCUT2D eigenvalue weighted by molar-refractivity contribution is 5.97. The number of benzene rings is 9. The lowest BCUT2D eigenvalue weighted by Gasteiger charge is -2.34. The Bertz CT molecular complexity index is 2970. The summed E-state index contributed by atoms with van der Waals surface area (Å²) in [5.41, 5.74) is 12.4. The van der Waals surface area contributed by atoms with Crippen LogP contribution in [-0.2, 0) is 5.41 Å². The van der Waals surface area contributed by atoms with E-state index in [2.05, 4.69) is 212 Å². The van der Waals surface area contributed by atoms with E-state index in [4.69, 9.17) is 15.0 Å². The second kappa shape index (κ2) is 13.4. The topological polar surface area (TPSA) is 38.7 Å². The van der Waals surface area contributed by atoms with Gasteiger partial charge in [0.25, 0.3) is 0 Å². The van der Waals surface area contributed by atoms with Gasteiger partial charge >= 0.3 is 0 Å². The quantitative estimate of drug-likeness (QED) is 0.171. The fraction of sp³-hybridized carbons (Fsp3) is 0.0185. The molecule has 1 aliphatic rings. The summed E-state index contributed by atoms with van der Waals surface area (Å²) < 4.78 is 0. The van der Waals surface area contributed by atoms with Crippen molar-refractivity contribution in [3.8, 4) is 56.4 Å². The number of hydrogen-bond acceptors (Lipinski definition) is 3. The van der Waals surface area contributed by atoms with Gasteiger partial charge in [0.2, 0.25) is 0 Å². The maximum atomic E-state index is 5.17. The van der Waals surface area contributed by atoms with Gasteiger partial charge in [-0.05, 0) is 72.1 Å². The van der Waals surface area contributed by atoms with Crippen LogP contribution in [0, 0.1) is 0 Å². The predicted octanol–water partition coefficient (Wildman–Crippen LogP) is 13.2. The second-order valence-corrected chi connectivity index (χ2v) is 14.7. The molecular weight excluding hydrogens is 691 g/mol.